The van der Waals surface area contributed by atoms with Gasteiger partial charge in [-0.2, -0.15) is 0 Å². The molecule has 1 aromatic rings. The first-order valence-corrected chi connectivity index (χ1v) is 9.07. The summed E-state index contributed by atoms with van der Waals surface area (Å²) in [6.07, 6.45) is 4.97. The van der Waals surface area contributed by atoms with Crippen molar-refractivity contribution in [1.82, 2.24) is 10.2 Å². The Hall–Kier alpha value is -2.57. The highest BCUT2D eigenvalue weighted by Crippen LogP contribution is 2.28. The highest BCUT2D eigenvalue weighted by molar-refractivity contribution is 5.94. The molecule has 1 saturated heterocycles. The lowest BCUT2D eigenvalue weighted by molar-refractivity contribution is -0.139. The van der Waals surface area contributed by atoms with E-state index < -0.39 is 12.6 Å². The van der Waals surface area contributed by atoms with Gasteiger partial charge in [0.25, 0.3) is 5.91 Å². The van der Waals surface area contributed by atoms with Crippen molar-refractivity contribution in [2.75, 3.05) is 19.7 Å². The summed E-state index contributed by atoms with van der Waals surface area (Å²) in [6.45, 7) is 0.782. The molecule has 2 fully saturated rings. The zero-order valence-electron chi connectivity index (χ0n) is 14.6. The summed E-state index contributed by atoms with van der Waals surface area (Å²) < 4.78 is 5.10. The van der Waals surface area contributed by atoms with Crippen LogP contribution in [0.5, 0.6) is 5.75 Å². The predicted octanol–water partition coefficient (Wildman–Crippen LogP) is 1.67. The number of nitrogens with zero attached hydrogens (tertiary/aromatic N) is 1. The molecule has 0 spiro atoms. The summed E-state index contributed by atoms with van der Waals surface area (Å²) in [4.78, 5) is 37.3. The van der Waals surface area contributed by atoms with Gasteiger partial charge in [-0.05, 0) is 37.5 Å². The highest BCUT2D eigenvalue weighted by atomic mass is 16.5. The Bertz CT molecular complexity index is 684. The van der Waals surface area contributed by atoms with Crippen LogP contribution in [-0.4, -0.2) is 53.5 Å². The zero-order valence-corrected chi connectivity index (χ0v) is 14.6. The van der Waals surface area contributed by atoms with E-state index in [0.29, 0.717) is 24.4 Å². The van der Waals surface area contributed by atoms with Gasteiger partial charge in [0, 0.05) is 30.6 Å². The van der Waals surface area contributed by atoms with Crippen LogP contribution in [0.2, 0.25) is 0 Å². The van der Waals surface area contributed by atoms with Crippen LogP contribution in [0.4, 0.5) is 0 Å². The molecule has 2 aliphatic rings. The van der Waals surface area contributed by atoms with E-state index in [4.69, 9.17) is 9.84 Å². The number of carboxylic acid groups (broad SMARTS) is 1. The Morgan fingerprint density at radius 3 is 2.69 bits per heavy atom. The van der Waals surface area contributed by atoms with Crippen molar-refractivity contribution >= 4 is 17.8 Å². The number of rotatable bonds is 6. The number of carbonyl (C=O) groups excluding carboxylic acids is 2. The second-order valence-electron chi connectivity index (χ2n) is 6.93. The Morgan fingerprint density at radius 1 is 1.19 bits per heavy atom. The molecule has 26 heavy (non-hydrogen) atoms. The number of benzene rings is 1. The van der Waals surface area contributed by atoms with Crippen molar-refractivity contribution in [3.05, 3.63) is 29.8 Å². The number of carbonyl (C=O) groups is 3. The van der Waals surface area contributed by atoms with Crippen LogP contribution in [0.1, 0.15) is 42.5 Å². The van der Waals surface area contributed by atoms with Gasteiger partial charge in [-0.15, -0.1) is 0 Å². The number of aliphatic carboxylic acids is 1. The van der Waals surface area contributed by atoms with E-state index in [2.05, 4.69) is 5.32 Å². The monoisotopic (exact) mass is 360 g/mol. The number of carboxylic acids is 1. The summed E-state index contributed by atoms with van der Waals surface area (Å²) in [7, 11) is 0. The topological polar surface area (TPSA) is 95.9 Å². The van der Waals surface area contributed by atoms with E-state index in [0.717, 1.165) is 32.1 Å². The number of nitrogens with one attached hydrogen (secondary N) is 1. The fraction of sp³-hybridized carbons (Fsp3) is 0.526. The largest absolute Gasteiger partial charge is 0.482 e. The van der Waals surface area contributed by atoms with E-state index >= 15 is 0 Å². The molecule has 0 radical (unpaired) electrons. The third-order valence-electron chi connectivity index (χ3n) is 5.00. The van der Waals surface area contributed by atoms with Gasteiger partial charge in [-0.1, -0.05) is 18.9 Å². The Kier molecular flexibility index (Phi) is 5.75. The van der Waals surface area contributed by atoms with Crippen molar-refractivity contribution in [3.63, 3.8) is 0 Å². The molecule has 1 unspecified atom stereocenters. The van der Waals surface area contributed by atoms with Crippen LogP contribution >= 0.6 is 0 Å². The Morgan fingerprint density at radius 2 is 1.96 bits per heavy atom. The van der Waals surface area contributed by atoms with Gasteiger partial charge >= 0.3 is 5.97 Å². The van der Waals surface area contributed by atoms with E-state index in [9.17, 15) is 14.4 Å². The highest BCUT2D eigenvalue weighted by Gasteiger charge is 2.32. The molecule has 1 atom stereocenters. The van der Waals surface area contributed by atoms with Crippen molar-refractivity contribution in [2.45, 2.75) is 38.1 Å². The number of hydrogen-bond acceptors (Lipinski definition) is 4. The summed E-state index contributed by atoms with van der Waals surface area (Å²) in [5.41, 5.74) is 0.411. The molecule has 0 bridgehead atoms. The van der Waals surface area contributed by atoms with Crippen molar-refractivity contribution in [2.24, 2.45) is 5.92 Å². The number of likely N-dealkylation sites (tertiary alicyclic amines) is 1. The van der Waals surface area contributed by atoms with Crippen LogP contribution < -0.4 is 10.1 Å². The van der Waals surface area contributed by atoms with E-state index in [1.54, 1.807) is 18.2 Å². The average molecular weight is 360 g/mol. The molecule has 1 aliphatic heterocycles. The fourth-order valence-corrected chi connectivity index (χ4v) is 3.65. The molecule has 1 aromatic carbocycles. The second kappa shape index (κ2) is 8.21. The lowest BCUT2D eigenvalue weighted by Gasteiger charge is -2.20. The molecule has 2 N–H and O–H groups in total. The molecule has 7 nitrogen and oxygen atoms in total. The Balaban J connectivity index is 1.53. The zero-order chi connectivity index (χ0) is 18.5. The number of ether oxygens (including phenoxy) is 1. The lowest BCUT2D eigenvalue weighted by atomic mass is 10.1. The van der Waals surface area contributed by atoms with E-state index in [1.807, 2.05) is 4.90 Å². The van der Waals surface area contributed by atoms with Gasteiger partial charge in [0.1, 0.15) is 5.75 Å². The van der Waals surface area contributed by atoms with Gasteiger partial charge < -0.3 is 20.1 Å². The van der Waals surface area contributed by atoms with Crippen LogP contribution in [0.25, 0.3) is 0 Å². The van der Waals surface area contributed by atoms with Gasteiger partial charge in [-0.25, -0.2) is 4.79 Å². The summed E-state index contributed by atoms with van der Waals surface area (Å²) >= 11 is 0. The molecule has 1 heterocycles. The predicted molar refractivity (Wildman–Crippen MR) is 94.0 cm³/mol. The third-order valence-corrected chi connectivity index (χ3v) is 5.00. The van der Waals surface area contributed by atoms with E-state index in [-0.39, 0.29) is 23.8 Å². The fourth-order valence-electron chi connectivity index (χ4n) is 3.65. The maximum Gasteiger partial charge on any atom is 0.341 e. The molecule has 140 valence electrons. The van der Waals surface area contributed by atoms with Crippen molar-refractivity contribution < 1.29 is 24.2 Å². The minimum atomic E-state index is -1.07. The van der Waals surface area contributed by atoms with Gasteiger partial charge in [0.2, 0.25) is 5.91 Å². The van der Waals surface area contributed by atoms with Crippen LogP contribution in [0.3, 0.4) is 0 Å². The summed E-state index contributed by atoms with van der Waals surface area (Å²) in [5.74, 6) is -0.593. The van der Waals surface area contributed by atoms with Crippen molar-refractivity contribution in [1.29, 1.82) is 0 Å². The SMILES string of the molecule is O=C(O)COc1cccc(C(=O)NC2CCN(C(=O)C3CCCC3)C2)c1. The molecule has 7 heteroatoms. The molecule has 3 rings (SSSR count). The smallest absolute Gasteiger partial charge is 0.341 e. The first-order chi connectivity index (χ1) is 12.5. The number of hydrogen-bond donors (Lipinski definition) is 2. The van der Waals surface area contributed by atoms with Crippen LogP contribution in [0, 0.1) is 5.92 Å². The first kappa shape index (κ1) is 18.2. The van der Waals surface area contributed by atoms with Crippen LogP contribution in [-0.2, 0) is 9.59 Å². The second-order valence-corrected chi connectivity index (χ2v) is 6.93. The molecular weight excluding hydrogens is 336 g/mol. The third kappa shape index (κ3) is 4.53. The number of amides is 2. The van der Waals surface area contributed by atoms with Gasteiger partial charge in [-0.3, -0.25) is 9.59 Å². The van der Waals surface area contributed by atoms with Gasteiger partial charge in [0.15, 0.2) is 6.61 Å². The van der Waals surface area contributed by atoms with Gasteiger partial charge in [0.05, 0.1) is 0 Å². The Labute approximate surface area is 152 Å². The molecule has 1 aliphatic carbocycles. The molecule has 0 aromatic heterocycles. The maximum absolute atomic E-state index is 12.5. The standard InChI is InChI=1S/C19H24N2O5/c22-17(23)12-26-16-7-3-6-14(10-16)18(24)20-15-8-9-21(11-15)19(25)13-4-1-2-5-13/h3,6-7,10,13,15H,1-2,4-5,8-9,11-12H2,(H,20,24)(H,22,23). The quantitative estimate of drug-likeness (QED) is 0.804. The molecule has 2 amide bonds. The molecule has 1 saturated carbocycles. The maximum atomic E-state index is 12.5. The minimum absolute atomic E-state index is 0.0588. The normalized spacial score (nSPS) is 20.2. The average Bonchev–Trinajstić information content (AvgIpc) is 3.31. The summed E-state index contributed by atoms with van der Waals surface area (Å²) in [5, 5.41) is 11.6. The summed E-state index contributed by atoms with van der Waals surface area (Å²) in [6, 6.07) is 6.37. The van der Waals surface area contributed by atoms with Crippen LogP contribution in [0.15, 0.2) is 24.3 Å². The first-order valence-electron chi connectivity index (χ1n) is 9.07. The molecular formula is C19H24N2O5. The minimum Gasteiger partial charge on any atom is -0.482 e. The lowest BCUT2D eigenvalue weighted by Crippen LogP contribution is -2.39. The van der Waals surface area contributed by atoms with E-state index in [1.165, 1.54) is 6.07 Å². The van der Waals surface area contributed by atoms with Crippen molar-refractivity contribution in [3.8, 4) is 5.75 Å².